The number of hydrogen-bond donors (Lipinski definition) is 1. The molecule has 0 aliphatic carbocycles. The molecule has 0 radical (unpaired) electrons. The predicted octanol–water partition coefficient (Wildman–Crippen LogP) is 2.49. The zero-order valence-corrected chi connectivity index (χ0v) is 12.7. The van der Waals surface area contributed by atoms with Gasteiger partial charge in [-0.1, -0.05) is 12.1 Å². The van der Waals surface area contributed by atoms with Crippen molar-refractivity contribution in [3.8, 4) is 0 Å². The van der Waals surface area contributed by atoms with E-state index in [0.717, 1.165) is 22.6 Å². The van der Waals surface area contributed by atoms with Crippen molar-refractivity contribution in [1.82, 2.24) is 14.6 Å². The number of β-amino-alcohol motifs (C(OH)–C–C–N with tert-alkyl or cyclic N) is 1. The molecule has 118 valence electrons. The van der Waals surface area contributed by atoms with Gasteiger partial charge in [0.1, 0.15) is 11.3 Å². The third-order valence-corrected chi connectivity index (χ3v) is 4.30. The molecule has 5 nitrogen and oxygen atoms in total. The molecule has 0 spiro atoms. The first-order valence-electron chi connectivity index (χ1n) is 7.63. The first-order chi connectivity index (χ1) is 11.1. The summed E-state index contributed by atoms with van der Waals surface area (Å²) in [5, 5.41) is 14.6. The molecule has 1 aliphatic heterocycles. The lowest BCUT2D eigenvalue weighted by Gasteiger charge is -2.26. The maximum Gasteiger partial charge on any atom is 0.155 e. The van der Waals surface area contributed by atoms with Gasteiger partial charge in [-0.2, -0.15) is 5.10 Å². The molecule has 3 heterocycles. The van der Waals surface area contributed by atoms with Gasteiger partial charge in [-0.25, -0.2) is 13.9 Å². The van der Waals surface area contributed by atoms with Crippen molar-refractivity contribution in [1.29, 1.82) is 0 Å². The minimum Gasteiger partial charge on any atom is -0.391 e. The Kier molecular flexibility index (Phi) is 3.27. The molecule has 1 fully saturated rings. The molecular weight excluding hydrogens is 295 g/mol. The maximum atomic E-state index is 13.2. The highest BCUT2D eigenvalue weighted by atomic mass is 19.1. The van der Waals surface area contributed by atoms with E-state index >= 15 is 0 Å². The number of fused-ring (bicyclic) bond motifs is 1. The quantitative estimate of drug-likeness (QED) is 0.790. The van der Waals surface area contributed by atoms with E-state index in [9.17, 15) is 9.50 Å². The van der Waals surface area contributed by atoms with Gasteiger partial charge in [0, 0.05) is 18.9 Å². The lowest BCUT2D eigenvalue weighted by molar-refractivity contribution is 0.194. The van der Waals surface area contributed by atoms with Gasteiger partial charge in [0.25, 0.3) is 0 Å². The molecule has 1 aromatic carbocycles. The van der Waals surface area contributed by atoms with Crippen LogP contribution in [0.2, 0.25) is 0 Å². The average Bonchev–Trinajstić information content (AvgIpc) is 3.09. The lowest BCUT2D eigenvalue weighted by atomic mass is 10.0. The van der Waals surface area contributed by atoms with Crippen LogP contribution in [-0.4, -0.2) is 32.4 Å². The van der Waals surface area contributed by atoms with E-state index < -0.39 is 6.10 Å². The van der Waals surface area contributed by atoms with E-state index in [1.54, 1.807) is 22.8 Å². The molecule has 0 amide bonds. The molecular formula is C17H17FN4O. The number of hydrogen-bond acceptors (Lipinski definition) is 4. The summed E-state index contributed by atoms with van der Waals surface area (Å²) < 4.78 is 15.0. The number of rotatable bonds is 2. The van der Waals surface area contributed by atoms with Crippen molar-refractivity contribution in [2.24, 2.45) is 0 Å². The van der Waals surface area contributed by atoms with Crippen LogP contribution in [0.25, 0.3) is 5.52 Å². The molecule has 1 N–H and O–H groups in total. The van der Waals surface area contributed by atoms with Crippen molar-refractivity contribution >= 4 is 11.3 Å². The number of aromatic nitrogens is 3. The Bertz CT molecular complexity index is 845. The number of aliphatic hydroxyl groups is 1. The van der Waals surface area contributed by atoms with Crippen LogP contribution < -0.4 is 4.90 Å². The van der Waals surface area contributed by atoms with Crippen molar-refractivity contribution in [3.05, 3.63) is 59.8 Å². The highest BCUT2D eigenvalue weighted by molar-refractivity contribution is 5.70. The number of aliphatic hydroxyl groups excluding tert-OH is 1. The highest BCUT2D eigenvalue weighted by Gasteiger charge is 2.34. The summed E-state index contributed by atoms with van der Waals surface area (Å²) >= 11 is 0. The van der Waals surface area contributed by atoms with Gasteiger partial charge in [-0.3, -0.25) is 0 Å². The minimum absolute atomic E-state index is 0.0282. The molecule has 1 aliphatic rings. The molecule has 3 aromatic rings. The lowest BCUT2D eigenvalue weighted by Crippen LogP contribution is -2.25. The maximum absolute atomic E-state index is 13.2. The second-order valence-electron chi connectivity index (χ2n) is 5.98. The molecule has 23 heavy (non-hydrogen) atoms. The van der Waals surface area contributed by atoms with Crippen LogP contribution in [0.4, 0.5) is 10.2 Å². The summed E-state index contributed by atoms with van der Waals surface area (Å²) in [6.07, 6.45) is 3.68. The van der Waals surface area contributed by atoms with Crippen LogP contribution in [0.1, 0.15) is 23.7 Å². The predicted molar refractivity (Wildman–Crippen MR) is 84.8 cm³/mol. The van der Waals surface area contributed by atoms with Crippen LogP contribution in [0, 0.1) is 12.7 Å². The van der Waals surface area contributed by atoms with Crippen LogP contribution in [0.5, 0.6) is 0 Å². The molecule has 0 saturated carbocycles. The van der Waals surface area contributed by atoms with Gasteiger partial charge >= 0.3 is 0 Å². The number of halogens is 1. The topological polar surface area (TPSA) is 53.7 Å². The third-order valence-electron chi connectivity index (χ3n) is 4.30. The highest BCUT2D eigenvalue weighted by Crippen LogP contribution is 2.37. The second kappa shape index (κ2) is 5.31. The summed E-state index contributed by atoms with van der Waals surface area (Å²) in [5.74, 6) is 0.532. The molecule has 4 rings (SSSR count). The zero-order chi connectivity index (χ0) is 16.0. The number of aryl methyl sites for hydroxylation is 1. The van der Waals surface area contributed by atoms with E-state index in [1.165, 1.54) is 12.1 Å². The molecule has 2 aromatic heterocycles. The van der Waals surface area contributed by atoms with E-state index in [2.05, 4.69) is 15.0 Å². The van der Waals surface area contributed by atoms with Crippen molar-refractivity contribution in [2.75, 3.05) is 11.4 Å². The Labute approximate surface area is 133 Å². The smallest absolute Gasteiger partial charge is 0.155 e. The van der Waals surface area contributed by atoms with E-state index in [0.29, 0.717) is 13.0 Å². The number of nitrogens with zero attached hydrogens (tertiary/aromatic N) is 4. The second-order valence-corrected chi connectivity index (χ2v) is 5.98. The van der Waals surface area contributed by atoms with Gasteiger partial charge in [0.2, 0.25) is 0 Å². The van der Waals surface area contributed by atoms with E-state index in [-0.39, 0.29) is 11.9 Å². The fourth-order valence-corrected chi connectivity index (χ4v) is 3.30. The largest absolute Gasteiger partial charge is 0.391 e. The first-order valence-corrected chi connectivity index (χ1v) is 7.63. The molecule has 0 bridgehead atoms. The van der Waals surface area contributed by atoms with Crippen LogP contribution in [0.15, 0.2) is 42.7 Å². The van der Waals surface area contributed by atoms with E-state index in [1.807, 2.05) is 19.2 Å². The summed E-state index contributed by atoms with van der Waals surface area (Å²) in [7, 11) is 0. The van der Waals surface area contributed by atoms with Crippen molar-refractivity contribution < 1.29 is 9.50 Å². The van der Waals surface area contributed by atoms with Crippen molar-refractivity contribution in [3.63, 3.8) is 0 Å². The molecule has 1 saturated heterocycles. The monoisotopic (exact) mass is 312 g/mol. The molecule has 2 atom stereocenters. The van der Waals surface area contributed by atoms with Gasteiger partial charge in [-0.05, 0) is 37.1 Å². The minimum atomic E-state index is -0.434. The Hall–Kier alpha value is -2.47. The van der Waals surface area contributed by atoms with Gasteiger partial charge in [0.05, 0.1) is 17.8 Å². The summed E-state index contributed by atoms with van der Waals surface area (Å²) in [6, 6.07) is 8.40. The Morgan fingerprint density at radius 1 is 1.26 bits per heavy atom. The van der Waals surface area contributed by atoms with Gasteiger partial charge < -0.3 is 10.0 Å². The fourth-order valence-electron chi connectivity index (χ4n) is 3.30. The number of benzene rings is 1. The zero-order valence-electron chi connectivity index (χ0n) is 12.7. The Morgan fingerprint density at radius 3 is 2.83 bits per heavy atom. The summed E-state index contributed by atoms with van der Waals surface area (Å²) in [5.41, 5.74) is 2.80. The normalized spacial score (nSPS) is 21.3. The Morgan fingerprint density at radius 2 is 2.04 bits per heavy atom. The van der Waals surface area contributed by atoms with Crippen LogP contribution >= 0.6 is 0 Å². The van der Waals surface area contributed by atoms with Crippen LogP contribution in [0.3, 0.4) is 0 Å². The van der Waals surface area contributed by atoms with Crippen molar-refractivity contribution in [2.45, 2.75) is 25.5 Å². The van der Waals surface area contributed by atoms with Crippen LogP contribution in [-0.2, 0) is 0 Å². The summed E-state index contributed by atoms with van der Waals surface area (Å²) in [6.45, 7) is 2.44. The Balaban J connectivity index is 1.80. The SMILES string of the molecule is Cc1cc2c(N3C[C@H](O)C[C@H]3c3ccc(F)cc3)nccn2n1. The molecule has 0 unspecified atom stereocenters. The summed E-state index contributed by atoms with van der Waals surface area (Å²) in [4.78, 5) is 6.59. The standard InChI is InChI=1S/C17H17FN4O/c1-11-8-16-17(19-6-7-22(16)20-11)21-10-14(23)9-15(21)12-2-4-13(18)5-3-12/h2-8,14-15,23H,9-10H2,1H3/t14-,15+/m1/s1. The third kappa shape index (κ3) is 2.45. The fraction of sp³-hybridized carbons (Fsp3) is 0.294. The molecule has 6 heteroatoms. The van der Waals surface area contributed by atoms with Gasteiger partial charge in [-0.15, -0.1) is 0 Å². The average molecular weight is 312 g/mol. The van der Waals surface area contributed by atoms with E-state index in [4.69, 9.17) is 0 Å². The van der Waals surface area contributed by atoms with Gasteiger partial charge in [0.15, 0.2) is 5.82 Å². The first kappa shape index (κ1) is 14.1. The number of anilines is 1.